The summed E-state index contributed by atoms with van der Waals surface area (Å²) in [5.41, 5.74) is 3.52. The van der Waals surface area contributed by atoms with Gasteiger partial charge in [0, 0.05) is 37.6 Å². The number of fused-ring (bicyclic) bond motifs is 1. The molecule has 1 aromatic carbocycles. The summed E-state index contributed by atoms with van der Waals surface area (Å²) in [6, 6.07) is 20.9. The van der Waals surface area contributed by atoms with Crippen molar-refractivity contribution in [3.8, 4) is 11.5 Å². The van der Waals surface area contributed by atoms with Gasteiger partial charge in [0.05, 0.1) is 18.0 Å². The number of furan rings is 1. The minimum absolute atomic E-state index is 0.212. The molecule has 4 aromatic rings. The van der Waals surface area contributed by atoms with Crippen LogP contribution in [0.15, 0.2) is 82.1 Å². The molecular formula is C21H19N3O2. The minimum atomic E-state index is 0.212. The molecular weight excluding hydrogens is 326 g/mol. The quantitative estimate of drug-likeness (QED) is 0.552. The lowest BCUT2D eigenvalue weighted by Gasteiger charge is -2.36. The Balaban J connectivity index is 1.46. The average molecular weight is 345 g/mol. The Labute approximate surface area is 151 Å². The van der Waals surface area contributed by atoms with Crippen molar-refractivity contribution in [1.82, 2.24) is 14.6 Å². The summed E-state index contributed by atoms with van der Waals surface area (Å²) in [6.07, 6.45) is 3.80. The molecule has 5 heteroatoms. The lowest BCUT2D eigenvalue weighted by Crippen LogP contribution is -2.38. The molecule has 5 nitrogen and oxygen atoms in total. The number of nitrogens with zero attached hydrogens (tertiary/aromatic N) is 3. The Morgan fingerprint density at radius 2 is 1.88 bits per heavy atom. The Bertz CT molecular complexity index is 985. The first-order chi connectivity index (χ1) is 12.9. The van der Waals surface area contributed by atoms with E-state index < -0.39 is 0 Å². The second-order valence-corrected chi connectivity index (χ2v) is 6.57. The molecule has 1 aliphatic rings. The minimum Gasteiger partial charge on any atom is -0.461 e. The van der Waals surface area contributed by atoms with Gasteiger partial charge >= 0.3 is 0 Å². The van der Waals surface area contributed by atoms with E-state index in [9.17, 15) is 0 Å². The van der Waals surface area contributed by atoms with Crippen molar-refractivity contribution in [3.63, 3.8) is 0 Å². The van der Waals surface area contributed by atoms with Crippen LogP contribution in [-0.2, 0) is 13.1 Å². The van der Waals surface area contributed by atoms with Gasteiger partial charge in [-0.25, -0.2) is 0 Å². The van der Waals surface area contributed by atoms with E-state index in [1.807, 2.05) is 18.2 Å². The molecule has 1 unspecified atom stereocenters. The molecule has 5 rings (SSSR count). The summed E-state index contributed by atoms with van der Waals surface area (Å²) in [4.78, 5) is 2.45. The third-order valence-electron chi connectivity index (χ3n) is 4.94. The second-order valence-electron chi connectivity index (χ2n) is 6.57. The van der Waals surface area contributed by atoms with Crippen LogP contribution >= 0.6 is 0 Å². The average Bonchev–Trinajstić information content (AvgIpc) is 3.43. The second kappa shape index (κ2) is 6.35. The highest BCUT2D eigenvalue weighted by molar-refractivity contribution is 5.49. The molecule has 4 heterocycles. The van der Waals surface area contributed by atoms with Crippen molar-refractivity contribution < 1.29 is 8.94 Å². The normalized spacial score (nSPS) is 17.3. The Morgan fingerprint density at radius 3 is 2.73 bits per heavy atom. The van der Waals surface area contributed by atoms with Crippen LogP contribution in [0.2, 0.25) is 0 Å². The Morgan fingerprint density at radius 1 is 0.962 bits per heavy atom. The number of hydrogen-bond donors (Lipinski definition) is 0. The summed E-state index contributed by atoms with van der Waals surface area (Å²) in [7, 11) is 0. The topological polar surface area (TPSA) is 47.3 Å². The van der Waals surface area contributed by atoms with E-state index in [-0.39, 0.29) is 6.04 Å². The smallest absolute Gasteiger partial charge is 0.202 e. The van der Waals surface area contributed by atoms with Gasteiger partial charge in [-0.1, -0.05) is 35.5 Å². The van der Waals surface area contributed by atoms with Crippen molar-refractivity contribution in [3.05, 3.63) is 90.1 Å². The van der Waals surface area contributed by atoms with E-state index in [1.165, 1.54) is 11.3 Å². The van der Waals surface area contributed by atoms with Gasteiger partial charge in [0.15, 0.2) is 5.76 Å². The molecule has 26 heavy (non-hydrogen) atoms. The first-order valence-corrected chi connectivity index (χ1v) is 8.82. The van der Waals surface area contributed by atoms with Gasteiger partial charge in [-0.15, -0.1) is 0 Å². The van der Waals surface area contributed by atoms with E-state index >= 15 is 0 Å². The first kappa shape index (κ1) is 15.2. The van der Waals surface area contributed by atoms with Crippen LogP contribution in [0.5, 0.6) is 0 Å². The van der Waals surface area contributed by atoms with Crippen LogP contribution in [0.1, 0.15) is 23.0 Å². The maximum absolute atomic E-state index is 5.47. The van der Waals surface area contributed by atoms with Crippen molar-refractivity contribution >= 4 is 0 Å². The summed E-state index contributed by atoms with van der Waals surface area (Å²) in [5.74, 6) is 1.37. The molecule has 0 saturated heterocycles. The lowest BCUT2D eigenvalue weighted by molar-refractivity contribution is 0.170. The van der Waals surface area contributed by atoms with Crippen LogP contribution < -0.4 is 0 Å². The van der Waals surface area contributed by atoms with Crippen LogP contribution in [-0.4, -0.2) is 21.2 Å². The maximum Gasteiger partial charge on any atom is 0.202 e. The van der Waals surface area contributed by atoms with Crippen LogP contribution in [0.25, 0.3) is 11.5 Å². The zero-order valence-electron chi connectivity index (χ0n) is 14.3. The molecule has 3 aromatic heterocycles. The highest BCUT2D eigenvalue weighted by atomic mass is 16.5. The zero-order valence-corrected chi connectivity index (χ0v) is 14.3. The van der Waals surface area contributed by atoms with Crippen LogP contribution in [0.3, 0.4) is 0 Å². The standard InChI is InChI=1S/C21H19N3O2/c1-2-6-16(7-3-1)21-18-8-4-10-23(18)11-12-24(21)15-17-14-20(26-22-17)19-9-5-13-25-19/h1-10,13-14,21H,11-12,15H2. The fraction of sp³-hybridized carbons (Fsp3) is 0.190. The zero-order chi connectivity index (χ0) is 17.3. The molecule has 1 aliphatic heterocycles. The molecule has 0 spiro atoms. The molecule has 0 fully saturated rings. The first-order valence-electron chi connectivity index (χ1n) is 8.82. The third kappa shape index (κ3) is 2.66. The summed E-state index contributed by atoms with van der Waals surface area (Å²) in [6.45, 7) is 2.67. The monoisotopic (exact) mass is 345 g/mol. The fourth-order valence-corrected chi connectivity index (χ4v) is 3.75. The van der Waals surface area contributed by atoms with Crippen molar-refractivity contribution in [1.29, 1.82) is 0 Å². The molecule has 1 atom stereocenters. The highest BCUT2D eigenvalue weighted by Gasteiger charge is 2.29. The molecule has 0 aliphatic carbocycles. The molecule has 0 N–H and O–H groups in total. The van der Waals surface area contributed by atoms with E-state index in [2.05, 4.69) is 63.3 Å². The van der Waals surface area contributed by atoms with Gasteiger partial charge in [-0.3, -0.25) is 4.90 Å². The molecule has 0 radical (unpaired) electrons. The number of aromatic nitrogens is 2. The molecule has 0 bridgehead atoms. The van der Waals surface area contributed by atoms with Gasteiger partial charge in [-0.05, 0) is 29.8 Å². The van der Waals surface area contributed by atoms with Crippen LogP contribution in [0, 0.1) is 0 Å². The van der Waals surface area contributed by atoms with E-state index in [1.54, 1.807) is 6.26 Å². The summed E-state index contributed by atoms with van der Waals surface area (Å²) >= 11 is 0. The van der Waals surface area contributed by atoms with Gasteiger partial charge < -0.3 is 13.5 Å². The lowest BCUT2D eigenvalue weighted by atomic mass is 10.00. The Kier molecular flexibility index (Phi) is 3.72. The van der Waals surface area contributed by atoms with E-state index in [0.29, 0.717) is 11.5 Å². The maximum atomic E-state index is 5.47. The summed E-state index contributed by atoms with van der Waals surface area (Å²) in [5, 5.41) is 4.25. The van der Waals surface area contributed by atoms with E-state index in [0.717, 1.165) is 25.3 Å². The van der Waals surface area contributed by atoms with Crippen LogP contribution in [0.4, 0.5) is 0 Å². The summed E-state index contributed by atoms with van der Waals surface area (Å²) < 4.78 is 13.2. The number of rotatable bonds is 4. The van der Waals surface area contributed by atoms with Crippen molar-refractivity contribution in [2.45, 2.75) is 19.1 Å². The highest BCUT2D eigenvalue weighted by Crippen LogP contribution is 2.33. The molecule has 130 valence electrons. The van der Waals surface area contributed by atoms with Gasteiger partial charge in [0.25, 0.3) is 0 Å². The fourth-order valence-electron chi connectivity index (χ4n) is 3.75. The van der Waals surface area contributed by atoms with E-state index in [4.69, 9.17) is 8.94 Å². The van der Waals surface area contributed by atoms with Gasteiger partial charge in [0.1, 0.15) is 0 Å². The van der Waals surface area contributed by atoms with Gasteiger partial charge in [0.2, 0.25) is 5.76 Å². The molecule has 0 amide bonds. The van der Waals surface area contributed by atoms with Crippen molar-refractivity contribution in [2.24, 2.45) is 0 Å². The predicted molar refractivity (Wildman–Crippen MR) is 97.3 cm³/mol. The predicted octanol–water partition coefficient (Wildman–Crippen LogP) is 4.34. The third-order valence-corrected chi connectivity index (χ3v) is 4.94. The largest absolute Gasteiger partial charge is 0.461 e. The molecule has 0 saturated carbocycles. The van der Waals surface area contributed by atoms with Crippen molar-refractivity contribution in [2.75, 3.05) is 6.54 Å². The van der Waals surface area contributed by atoms with Gasteiger partial charge in [-0.2, -0.15) is 0 Å². The number of hydrogen-bond acceptors (Lipinski definition) is 4. The Hall–Kier alpha value is -3.05. The SMILES string of the molecule is c1ccc(C2c3cccn3CCN2Cc2cc(-c3ccco3)on2)cc1. The number of benzene rings is 1.